The van der Waals surface area contributed by atoms with Crippen molar-refractivity contribution in [1.29, 1.82) is 0 Å². The molecule has 7 heteroatoms. The van der Waals surface area contributed by atoms with E-state index in [2.05, 4.69) is 10.6 Å². The molecule has 1 rings (SSSR count). The smallest absolute Gasteiger partial charge is 0.269 e. The number of nitro groups is 1. The predicted octanol–water partition coefficient (Wildman–Crippen LogP) is 0.224. The monoisotopic (exact) mass is 281 g/mol. The van der Waals surface area contributed by atoms with Crippen LogP contribution in [0.3, 0.4) is 0 Å². The highest BCUT2D eigenvalue weighted by Gasteiger charge is 2.06. The van der Waals surface area contributed by atoms with Gasteiger partial charge in [-0.05, 0) is 12.5 Å². The molecule has 1 amide bonds. The first-order valence-electron chi connectivity index (χ1n) is 6.38. The third kappa shape index (κ3) is 6.26. The number of hydrogen-bond donors (Lipinski definition) is 3. The van der Waals surface area contributed by atoms with Gasteiger partial charge in [-0.15, -0.1) is 0 Å². The van der Waals surface area contributed by atoms with E-state index in [1.54, 1.807) is 19.1 Å². The number of nitrogens with one attached hydrogen (secondary N) is 2. The van der Waals surface area contributed by atoms with Gasteiger partial charge in [-0.3, -0.25) is 14.9 Å². The summed E-state index contributed by atoms with van der Waals surface area (Å²) in [6.45, 7) is 3.22. The number of nitro benzene ring substituents is 1. The van der Waals surface area contributed by atoms with Gasteiger partial charge >= 0.3 is 0 Å². The molecule has 0 heterocycles. The Balaban J connectivity index is 2.26. The lowest BCUT2D eigenvalue weighted by atomic mass is 10.1. The molecule has 0 aliphatic heterocycles. The molecule has 0 aliphatic carbocycles. The largest absolute Gasteiger partial charge is 0.392 e. The first kappa shape index (κ1) is 16.1. The van der Waals surface area contributed by atoms with Crippen LogP contribution in [0, 0.1) is 10.1 Å². The van der Waals surface area contributed by atoms with Gasteiger partial charge in [0.1, 0.15) is 0 Å². The van der Waals surface area contributed by atoms with E-state index in [1.807, 2.05) is 0 Å². The molecule has 20 heavy (non-hydrogen) atoms. The Morgan fingerprint density at radius 2 is 2.00 bits per heavy atom. The maximum Gasteiger partial charge on any atom is 0.269 e. The third-order valence-corrected chi connectivity index (χ3v) is 2.58. The summed E-state index contributed by atoms with van der Waals surface area (Å²) >= 11 is 0. The SMILES string of the molecule is CC(O)CNCCNC(=O)Cc1ccc([N+](=O)[O-])cc1. The van der Waals surface area contributed by atoms with Crippen molar-refractivity contribution in [2.45, 2.75) is 19.4 Å². The topological polar surface area (TPSA) is 104 Å². The van der Waals surface area contributed by atoms with Gasteiger partial charge in [-0.25, -0.2) is 0 Å². The molecule has 0 spiro atoms. The molecule has 0 fully saturated rings. The molecule has 1 atom stereocenters. The van der Waals surface area contributed by atoms with E-state index in [4.69, 9.17) is 5.11 Å². The van der Waals surface area contributed by atoms with E-state index in [0.717, 1.165) is 5.56 Å². The van der Waals surface area contributed by atoms with Crippen LogP contribution in [0.2, 0.25) is 0 Å². The fourth-order valence-corrected chi connectivity index (χ4v) is 1.58. The maximum absolute atomic E-state index is 11.6. The molecular weight excluding hydrogens is 262 g/mol. The molecule has 7 nitrogen and oxygen atoms in total. The number of nitrogens with zero attached hydrogens (tertiary/aromatic N) is 1. The van der Waals surface area contributed by atoms with Crippen LogP contribution in [0.15, 0.2) is 24.3 Å². The zero-order valence-electron chi connectivity index (χ0n) is 11.3. The van der Waals surface area contributed by atoms with Gasteiger partial charge in [-0.1, -0.05) is 12.1 Å². The zero-order chi connectivity index (χ0) is 15.0. The van der Waals surface area contributed by atoms with Crippen LogP contribution < -0.4 is 10.6 Å². The maximum atomic E-state index is 11.6. The second-order valence-corrected chi connectivity index (χ2v) is 4.50. The fourth-order valence-electron chi connectivity index (χ4n) is 1.58. The highest BCUT2D eigenvalue weighted by molar-refractivity contribution is 5.78. The van der Waals surface area contributed by atoms with E-state index < -0.39 is 11.0 Å². The minimum atomic E-state index is -0.475. The highest BCUT2D eigenvalue weighted by Crippen LogP contribution is 2.12. The van der Waals surface area contributed by atoms with Gasteiger partial charge in [0.2, 0.25) is 5.91 Å². The lowest BCUT2D eigenvalue weighted by Gasteiger charge is -2.08. The Morgan fingerprint density at radius 3 is 2.55 bits per heavy atom. The molecular formula is C13H19N3O4. The highest BCUT2D eigenvalue weighted by atomic mass is 16.6. The molecule has 0 saturated carbocycles. The van der Waals surface area contributed by atoms with Gasteiger partial charge in [0.05, 0.1) is 17.4 Å². The van der Waals surface area contributed by atoms with E-state index in [9.17, 15) is 14.9 Å². The number of aliphatic hydroxyl groups is 1. The van der Waals surface area contributed by atoms with Gasteiger partial charge in [0, 0.05) is 31.8 Å². The van der Waals surface area contributed by atoms with Crippen molar-refractivity contribution in [2.24, 2.45) is 0 Å². The van der Waals surface area contributed by atoms with Crippen LogP contribution in [0.4, 0.5) is 5.69 Å². The molecule has 0 aromatic heterocycles. The van der Waals surface area contributed by atoms with Crippen LogP contribution in [0.1, 0.15) is 12.5 Å². The van der Waals surface area contributed by atoms with Crippen molar-refractivity contribution in [3.63, 3.8) is 0 Å². The van der Waals surface area contributed by atoms with Crippen LogP contribution in [-0.4, -0.2) is 41.7 Å². The van der Waals surface area contributed by atoms with Gasteiger partial charge < -0.3 is 15.7 Å². The Hall–Kier alpha value is -1.99. The van der Waals surface area contributed by atoms with E-state index in [-0.39, 0.29) is 18.0 Å². The molecule has 1 aromatic rings. The first-order chi connectivity index (χ1) is 9.49. The quantitative estimate of drug-likeness (QED) is 0.359. The summed E-state index contributed by atoms with van der Waals surface area (Å²) in [7, 11) is 0. The van der Waals surface area contributed by atoms with Crippen LogP contribution >= 0.6 is 0 Å². The molecule has 0 aliphatic rings. The van der Waals surface area contributed by atoms with E-state index in [0.29, 0.717) is 19.6 Å². The molecule has 1 aromatic carbocycles. The van der Waals surface area contributed by atoms with Crippen molar-refractivity contribution in [2.75, 3.05) is 19.6 Å². The normalized spacial score (nSPS) is 11.9. The Kier molecular flexibility index (Phi) is 6.61. The molecule has 0 bridgehead atoms. The third-order valence-electron chi connectivity index (χ3n) is 2.58. The minimum Gasteiger partial charge on any atom is -0.392 e. The summed E-state index contributed by atoms with van der Waals surface area (Å²) in [5, 5.41) is 25.2. The summed E-state index contributed by atoms with van der Waals surface area (Å²) < 4.78 is 0. The molecule has 3 N–H and O–H groups in total. The standard InChI is InChI=1S/C13H19N3O4/c1-10(17)9-14-6-7-15-13(18)8-11-2-4-12(5-3-11)16(19)20/h2-5,10,14,17H,6-9H2,1H3,(H,15,18). The summed E-state index contributed by atoms with van der Waals surface area (Å²) in [5.74, 6) is -0.141. The second-order valence-electron chi connectivity index (χ2n) is 4.50. The summed E-state index contributed by atoms with van der Waals surface area (Å²) in [6.07, 6.45) is -0.222. The minimum absolute atomic E-state index is 0.0106. The lowest BCUT2D eigenvalue weighted by molar-refractivity contribution is -0.384. The number of carbonyl (C=O) groups excluding carboxylic acids is 1. The number of rotatable bonds is 8. The van der Waals surface area contributed by atoms with Gasteiger partial charge in [-0.2, -0.15) is 0 Å². The fraction of sp³-hybridized carbons (Fsp3) is 0.462. The average molecular weight is 281 g/mol. The average Bonchev–Trinajstić information content (AvgIpc) is 2.38. The van der Waals surface area contributed by atoms with E-state index >= 15 is 0 Å². The number of carbonyl (C=O) groups is 1. The van der Waals surface area contributed by atoms with Crippen molar-refractivity contribution >= 4 is 11.6 Å². The van der Waals surface area contributed by atoms with Crippen molar-refractivity contribution in [3.05, 3.63) is 39.9 Å². The molecule has 110 valence electrons. The molecule has 1 unspecified atom stereocenters. The van der Waals surface area contributed by atoms with E-state index in [1.165, 1.54) is 12.1 Å². The van der Waals surface area contributed by atoms with Crippen LogP contribution in [0.5, 0.6) is 0 Å². The van der Waals surface area contributed by atoms with Crippen LogP contribution in [-0.2, 0) is 11.2 Å². The van der Waals surface area contributed by atoms with Gasteiger partial charge in [0.15, 0.2) is 0 Å². The number of non-ortho nitro benzene ring substituents is 1. The number of amides is 1. The summed E-state index contributed by atoms with van der Waals surface area (Å²) in [5.41, 5.74) is 0.738. The number of benzene rings is 1. The predicted molar refractivity (Wildman–Crippen MR) is 74.4 cm³/mol. The number of aliphatic hydroxyl groups excluding tert-OH is 1. The Morgan fingerprint density at radius 1 is 1.35 bits per heavy atom. The van der Waals surface area contributed by atoms with Gasteiger partial charge in [0.25, 0.3) is 5.69 Å². The number of hydrogen-bond acceptors (Lipinski definition) is 5. The summed E-state index contributed by atoms with van der Waals surface area (Å²) in [4.78, 5) is 21.6. The van der Waals surface area contributed by atoms with Crippen LogP contribution in [0.25, 0.3) is 0 Å². The second kappa shape index (κ2) is 8.23. The van der Waals surface area contributed by atoms with Crippen molar-refractivity contribution in [1.82, 2.24) is 10.6 Å². The summed E-state index contributed by atoms with van der Waals surface area (Å²) in [6, 6.07) is 5.91. The van der Waals surface area contributed by atoms with Crippen molar-refractivity contribution < 1.29 is 14.8 Å². The molecule has 0 radical (unpaired) electrons. The lowest BCUT2D eigenvalue weighted by Crippen LogP contribution is -2.35. The first-order valence-corrected chi connectivity index (χ1v) is 6.38. The molecule has 0 saturated heterocycles. The Labute approximate surface area is 117 Å². The zero-order valence-corrected chi connectivity index (χ0v) is 11.3. The Bertz CT molecular complexity index is 445. The van der Waals surface area contributed by atoms with Crippen molar-refractivity contribution in [3.8, 4) is 0 Å².